The summed E-state index contributed by atoms with van der Waals surface area (Å²) in [6.45, 7) is 2.01. The molecule has 1 aliphatic heterocycles. The minimum absolute atomic E-state index is 0.139. The molecule has 2 heterocycles. The maximum Gasteiger partial charge on any atom is 0.282 e. The van der Waals surface area contributed by atoms with Gasteiger partial charge in [-0.05, 0) is 43.3 Å². The summed E-state index contributed by atoms with van der Waals surface area (Å²) in [5.41, 5.74) is 2.89. The van der Waals surface area contributed by atoms with Crippen LogP contribution in [-0.4, -0.2) is 16.8 Å². The number of amidine groups is 1. The highest BCUT2D eigenvalue weighted by Gasteiger charge is 2.32. The van der Waals surface area contributed by atoms with Crippen molar-refractivity contribution in [3.63, 3.8) is 0 Å². The summed E-state index contributed by atoms with van der Waals surface area (Å²) >= 11 is 0. The van der Waals surface area contributed by atoms with E-state index in [-0.39, 0.29) is 11.7 Å². The van der Waals surface area contributed by atoms with E-state index in [2.05, 4.69) is 4.99 Å². The second kappa shape index (κ2) is 6.37. The molecule has 1 aliphatic rings. The third kappa shape index (κ3) is 2.91. The van der Waals surface area contributed by atoms with E-state index in [9.17, 15) is 9.90 Å². The van der Waals surface area contributed by atoms with E-state index < -0.39 is 0 Å². The van der Waals surface area contributed by atoms with E-state index >= 15 is 0 Å². The number of furan rings is 1. The van der Waals surface area contributed by atoms with Crippen LogP contribution in [-0.2, 0) is 4.79 Å². The van der Waals surface area contributed by atoms with E-state index in [1.54, 1.807) is 53.6 Å². The molecule has 0 bridgehead atoms. The standard InChI is InChI=1S/C21H16N2O3/c1-14-4-6-15(7-5-14)20-22-19(13-18-3-2-12-26-18)21(25)23(20)16-8-10-17(24)11-9-16/h2-13,24H,1H3/b19-13+. The first-order chi connectivity index (χ1) is 12.6. The molecule has 0 saturated heterocycles. The van der Waals surface area contributed by atoms with Gasteiger partial charge in [0.05, 0.1) is 12.0 Å². The molecule has 4 rings (SSSR count). The van der Waals surface area contributed by atoms with Crippen molar-refractivity contribution < 1.29 is 14.3 Å². The molecule has 5 nitrogen and oxygen atoms in total. The van der Waals surface area contributed by atoms with Crippen molar-refractivity contribution in [2.75, 3.05) is 4.90 Å². The lowest BCUT2D eigenvalue weighted by atomic mass is 10.1. The number of hydrogen-bond acceptors (Lipinski definition) is 4. The van der Waals surface area contributed by atoms with E-state index in [1.807, 2.05) is 31.2 Å². The zero-order valence-corrected chi connectivity index (χ0v) is 14.1. The molecule has 0 atom stereocenters. The highest BCUT2D eigenvalue weighted by atomic mass is 16.3. The van der Waals surface area contributed by atoms with Gasteiger partial charge in [-0.3, -0.25) is 9.69 Å². The van der Waals surface area contributed by atoms with Crippen LogP contribution in [0, 0.1) is 6.92 Å². The molecule has 1 aromatic heterocycles. The molecule has 1 N–H and O–H groups in total. The van der Waals surface area contributed by atoms with Gasteiger partial charge in [0.15, 0.2) is 0 Å². The number of anilines is 1. The van der Waals surface area contributed by atoms with E-state index in [1.165, 1.54) is 0 Å². The zero-order valence-electron chi connectivity index (χ0n) is 14.1. The second-order valence-electron chi connectivity index (χ2n) is 6.00. The lowest BCUT2D eigenvalue weighted by molar-refractivity contribution is -0.113. The highest BCUT2D eigenvalue weighted by molar-refractivity contribution is 6.33. The number of nitrogens with zero attached hydrogens (tertiary/aromatic N) is 2. The first-order valence-corrected chi connectivity index (χ1v) is 8.16. The Kier molecular flexibility index (Phi) is 3.89. The number of aryl methyl sites for hydroxylation is 1. The molecule has 3 aromatic rings. The normalized spacial score (nSPS) is 15.6. The maximum atomic E-state index is 13.0. The third-order valence-corrected chi connectivity index (χ3v) is 4.10. The van der Waals surface area contributed by atoms with E-state index in [0.717, 1.165) is 11.1 Å². The quantitative estimate of drug-likeness (QED) is 0.727. The predicted molar refractivity (Wildman–Crippen MR) is 100.0 cm³/mol. The Hall–Kier alpha value is -3.60. The summed E-state index contributed by atoms with van der Waals surface area (Å²) < 4.78 is 5.31. The van der Waals surface area contributed by atoms with Crippen LogP contribution in [0.1, 0.15) is 16.9 Å². The fourth-order valence-electron chi connectivity index (χ4n) is 2.76. The van der Waals surface area contributed by atoms with Crippen molar-refractivity contribution in [1.29, 1.82) is 0 Å². The molecule has 26 heavy (non-hydrogen) atoms. The number of benzene rings is 2. The van der Waals surface area contributed by atoms with Crippen molar-refractivity contribution in [2.45, 2.75) is 6.92 Å². The summed E-state index contributed by atoms with van der Waals surface area (Å²) in [6.07, 6.45) is 3.17. The topological polar surface area (TPSA) is 66.0 Å². The Morgan fingerprint density at radius 3 is 2.42 bits per heavy atom. The monoisotopic (exact) mass is 344 g/mol. The molecular weight excluding hydrogens is 328 g/mol. The molecule has 2 aromatic carbocycles. The molecule has 0 saturated carbocycles. The number of aromatic hydroxyl groups is 1. The number of phenolic OH excluding ortho intramolecular Hbond substituents is 1. The maximum absolute atomic E-state index is 13.0. The first kappa shape index (κ1) is 15.9. The van der Waals surface area contributed by atoms with Crippen molar-refractivity contribution in [1.82, 2.24) is 0 Å². The number of aliphatic imine (C=N–C) groups is 1. The summed E-state index contributed by atoms with van der Waals surface area (Å²) in [5.74, 6) is 0.995. The van der Waals surface area contributed by atoms with Crippen LogP contribution < -0.4 is 4.90 Å². The summed E-state index contributed by atoms with van der Waals surface area (Å²) in [7, 11) is 0. The van der Waals surface area contributed by atoms with Gasteiger partial charge in [-0.25, -0.2) is 4.99 Å². The Morgan fingerprint density at radius 1 is 1.04 bits per heavy atom. The van der Waals surface area contributed by atoms with Crippen LogP contribution >= 0.6 is 0 Å². The van der Waals surface area contributed by atoms with Crippen LogP contribution in [0.25, 0.3) is 6.08 Å². The highest BCUT2D eigenvalue weighted by Crippen LogP contribution is 2.29. The SMILES string of the molecule is Cc1ccc(C2=N/C(=C/c3ccco3)C(=O)N2c2ccc(O)cc2)cc1. The summed E-state index contributed by atoms with van der Waals surface area (Å²) in [5, 5.41) is 9.54. The van der Waals surface area contributed by atoms with Crippen LogP contribution in [0.5, 0.6) is 5.75 Å². The van der Waals surface area contributed by atoms with Gasteiger partial charge in [0, 0.05) is 11.6 Å². The van der Waals surface area contributed by atoms with Crippen LogP contribution in [0.3, 0.4) is 0 Å². The second-order valence-corrected chi connectivity index (χ2v) is 6.00. The van der Waals surface area contributed by atoms with E-state index in [4.69, 9.17) is 4.42 Å². The molecule has 0 fully saturated rings. The minimum atomic E-state index is -0.248. The molecular formula is C21H16N2O3. The van der Waals surface area contributed by atoms with Gasteiger partial charge in [0.1, 0.15) is 23.0 Å². The average Bonchev–Trinajstić information content (AvgIpc) is 3.26. The Balaban J connectivity index is 1.82. The third-order valence-electron chi connectivity index (χ3n) is 4.10. The van der Waals surface area contributed by atoms with Gasteiger partial charge in [-0.2, -0.15) is 0 Å². The van der Waals surface area contributed by atoms with Crippen molar-refractivity contribution >= 4 is 23.5 Å². The van der Waals surface area contributed by atoms with Crippen LogP contribution in [0.2, 0.25) is 0 Å². The van der Waals surface area contributed by atoms with Crippen LogP contribution in [0.4, 0.5) is 5.69 Å². The van der Waals surface area contributed by atoms with E-state index in [0.29, 0.717) is 23.0 Å². The smallest absolute Gasteiger partial charge is 0.282 e. The van der Waals surface area contributed by atoms with Gasteiger partial charge < -0.3 is 9.52 Å². The van der Waals surface area contributed by atoms with Crippen LogP contribution in [0.15, 0.2) is 82.0 Å². The number of carbonyl (C=O) groups is 1. The number of phenols is 1. The predicted octanol–water partition coefficient (Wildman–Crippen LogP) is 4.13. The largest absolute Gasteiger partial charge is 0.508 e. The fraction of sp³-hybridized carbons (Fsp3) is 0.0476. The number of amides is 1. The Morgan fingerprint density at radius 2 is 1.77 bits per heavy atom. The zero-order chi connectivity index (χ0) is 18.1. The fourth-order valence-corrected chi connectivity index (χ4v) is 2.76. The van der Waals surface area contributed by atoms with Gasteiger partial charge in [-0.15, -0.1) is 0 Å². The molecule has 0 unspecified atom stereocenters. The molecule has 0 aliphatic carbocycles. The summed E-state index contributed by atoms with van der Waals surface area (Å²) in [6, 6.07) is 17.8. The summed E-state index contributed by atoms with van der Waals surface area (Å²) in [4.78, 5) is 19.1. The van der Waals surface area contributed by atoms with Crippen molar-refractivity contribution in [3.8, 4) is 5.75 Å². The molecule has 0 spiro atoms. The number of hydrogen-bond donors (Lipinski definition) is 1. The Labute approximate surface area is 150 Å². The Bertz CT molecular complexity index is 998. The average molecular weight is 344 g/mol. The van der Waals surface area contributed by atoms with Gasteiger partial charge >= 0.3 is 0 Å². The lowest BCUT2D eigenvalue weighted by Crippen LogP contribution is -2.32. The molecule has 5 heteroatoms. The van der Waals surface area contributed by atoms with Crippen molar-refractivity contribution in [2.24, 2.45) is 4.99 Å². The molecule has 1 amide bonds. The molecule has 128 valence electrons. The number of carbonyl (C=O) groups excluding carboxylic acids is 1. The minimum Gasteiger partial charge on any atom is -0.508 e. The first-order valence-electron chi connectivity index (χ1n) is 8.16. The lowest BCUT2D eigenvalue weighted by Gasteiger charge is -2.18. The van der Waals surface area contributed by atoms with Gasteiger partial charge in [0.25, 0.3) is 5.91 Å². The van der Waals surface area contributed by atoms with Gasteiger partial charge in [0.2, 0.25) is 0 Å². The van der Waals surface area contributed by atoms with Gasteiger partial charge in [-0.1, -0.05) is 29.8 Å². The number of rotatable bonds is 3. The van der Waals surface area contributed by atoms with Crippen molar-refractivity contribution in [3.05, 3.63) is 89.5 Å². The molecule has 0 radical (unpaired) electrons.